The Balaban J connectivity index is 0.00000240. The van der Waals surface area contributed by atoms with Gasteiger partial charge >= 0.3 is 0 Å². The van der Waals surface area contributed by atoms with Crippen LogP contribution in [0.3, 0.4) is 0 Å². The predicted molar refractivity (Wildman–Crippen MR) is 113 cm³/mol. The van der Waals surface area contributed by atoms with E-state index in [-0.39, 0.29) is 29.9 Å². The third kappa shape index (κ3) is 4.19. The Bertz CT molecular complexity index is 1110. The van der Waals surface area contributed by atoms with E-state index >= 15 is 0 Å². The van der Waals surface area contributed by atoms with Crippen molar-refractivity contribution in [1.29, 1.82) is 0 Å². The van der Waals surface area contributed by atoms with E-state index in [0.717, 1.165) is 12.8 Å². The Morgan fingerprint density at radius 3 is 2.66 bits per heavy atom. The number of nitrogen functional groups attached to an aromatic ring is 1. The summed E-state index contributed by atoms with van der Waals surface area (Å²) in [5.41, 5.74) is 6.65. The highest BCUT2D eigenvalue weighted by Gasteiger charge is 2.29. The van der Waals surface area contributed by atoms with Gasteiger partial charge in [0.15, 0.2) is 17.0 Å². The number of rotatable bonds is 1. The Labute approximate surface area is 174 Å². The minimum Gasteiger partial charge on any atom is -0.382 e. The van der Waals surface area contributed by atoms with E-state index in [9.17, 15) is 9.50 Å². The van der Waals surface area contributed by atoms with Gasteiger partial charge in [0.1, 0.15) is 17.2 Å². The van der Waals surface area contributed by atoms with Crippen molar-refractivity contribution in [2.45, 2.75) is 38.2 Å². The van der Waals surface area contributed by atoms with Crippen molar-refractivity contribution in [3.63, 3.8) is 0 Å². The Kier molecular flexibility index (Phi) is 5.78. The van der Waals surface area contributed by atoms with Crippen LogP contribution in [0, 0.1) is 23.6 Å². The first-order valence-corrected chi connectivity index (χ1v) is 9.36. The van der Waals surface area contributed by atoms with E-state index < -0.39 is 5.60 Å². The van der Waals surface area contributed by atoms with Gasteiger partial charge < -0.3 is 15.4 Å². The minimum absolute atomic E-state index is 0. The number of aryl methyl sites for hydroxylation is 1. The van der Waals surface area contributed by atoms with Gasteiger partial charge in [-0.25, -0.2) is 19.3 Å². The molecule has 0 radical (unpaired) electrons. The molecular weight excluding hydrogens is 393 g/mol. The average molecular weight is 416 g/mol. The summed E-state index contributed by atoms with van der Waals surface area (Å²) in [5, 5.41) is 10.7. The molecule has 0 spiro atoms. The van der Waals surface area contributed by atoms with Crippen LogP contribution in [0.5, 0.6) is 0 Å². The molecule has 6 nitrogen and oxygen atoms in total. The second-order valence-corrected chi connectivity index (χ2v) is 7.57. The third-order valence-electron chi connectivity index (χ3n) is 5.34. The van der Waals surface area contributed by atoms with Crippen LogP contribution in [0.25, 0.3) is 22.6 Å². The Morgan fingerprint density at radius 1 is 1.24 bits per heavy atom. The minimum atomic E-state index is -1.00. The van der Waals surface area contributed by atoms with Gasteiger partial charge in [0.25, 0.3) is 0 Å². The van der Waals surface area contributed by atoms with Crippen molar-refractivity contribution in [2.24, 2.45) is 13.0 Å². The average Bonchev–Trinajstić information content (AvgIpc) is 3.00. The lowest BCUT2D eigenvalue weighted by molar-refractivity contribution is 0.0471. The molecule has 4 rings (SSSR count). The van der Waals surface area contributed by atoms with Crippen LogP contribution in [0.4, 0.5) is 10.2 Å². The molecule has 0 bridgehead atoms. The lowest BCUT2D eigenvalue weighted by atomic mass is 9.80. The molecule has 1 aromatic carbocycles. The molecule has 29 heavy (non-hydrogen) atoms. The van der Waals surface area contributed by atoms with Gasteiger partial charge in [0, 0.05) is 12.6 Å². The van der Waals surface area contributed by atoms with E-state index in [1.54, 1.807) is 23.7 Å². The highest BCUT2D eigenvalue weighted by Crippen LogP contribution is 2.31. The Hall–Kier alpha value is -2.69. The summed E-state index contributed by atoms with van der Waals surface area (Å²) in [5.74, 6) is 7.08. The number of anilines is 1. The molecule has 1 aliphatic carbocycles. The maximum Gasteiger partial charge on any atom is 0.209 e. The van der Waals surface area contributed by atoms with Gasteiger partial charge in [-0.15, -0.1) is 12.4 Å². The van der Waals surface area contributed by atoms with Crippen molar-refractivity contribution < 1.29 is 9.50 Å². The first-order valence-electron chi connectivity index (χ1n) is 9.36. The number of imidazole rings is 1. The number of fused-ring (bicyclic) bond motifs is 1. The van der Waals surface area contributed by atoms with E-state index in [1.807, 2.05) is 0 Å². The highest BCUT2D eigenvalue weighted by atomic mass is 35.5. The summed E-state index contributed by atoms with van der Waals surface area (Å²) in [6.07, 6.45) is 3.19. The van der Waals surface area contributed by atoms with Crippen molar-refractivity contribution in [3.8, 4) is 23.2 Å². The number of halogens is 2. The molecule has 152 valence electrons. The summed E-state index contributed by atoms with van der Waals surface area (Å²) in [7, 11) is 1.79. The molecule has 0 unspecified atom stereocenters. The third-order valence-corrected chi connectivity index (χ3v) is 5.34. The van der Waals surface area contributed by atoms with Crippen LogP contribution in [-0.2, 0) is 7.05 Å². The number of hydrogen-bond donors (Lipinski definition) is 2. The fraction of sp³-hybridized carbons (Fsp3) is 0.381. The number of nitrogens with zero attached hydrogens (tertiary/aromatic N) is 4. The van der Waals surface area contributed by atoms with Gasteiger partial charge in [0.05, 0.1) is 0 Å². The fourth-order valence-corrected chi connectivity index (χ4v) is 3.56. The molecule has 0 aliphatic heterocycles. The molecule has 2 heterocycles. The van der Waals surface area contributed by atoms with E-state index in [4.69, 9.17) is 5.73 Å². The van der Waals surface area contributed by atoms with Gasteiger partial charge in [-0.05, 0) is 49.7 Å². The Morgan fingerprint density at radius 2 is 1.97 bits per heavy atom. The second kappa shape index (κ2) is 7.97. The normalized spacial score (nSPS) is 21.3. The smallest absolute Gasteiger partial charge is 0.209 e. The number of benzene rings is 1. The number of nitrogens with two attached hydrogens (primary N) is 1. The van der Waals surface area contributed by atoms with Crippen molar-refractivity contribution in [1.82, 2.24) is 19.5 Å². The second-order valence-electron chi connectivity index (χ2n) is 7.57. The zero-order valence-corrected chi connectivity index (χ0v) is 17.1. The van der Waals surface area contributed by atoms with Crippen molar-refractivity contribution in [3.05, 3.63) is 35.9 Å². The molecule has 0 amide bonds. The van der Waals surface area contributed by atoms with E-state index in [1.165, 1.54) is 12.1 Å². The molecule has 2 aromatic heterocycles. The quantitative estimate of drug-likeness (QED) is 0.594. The largest absolute Gasteiger partial charge is 0.382 e. The first-order chi connectivity index (χ1) is 13.3. The monoisotopic (exact) mass is 415 g/mol. The molecule has 3 N–H and O–H groups in total. The molecular formula is C21H23ClFN5O. The molecule has 3 aromatic rings. The molecule has 1 saturated carbocycles. The van der Waals surface area contributed by atoms with Crippen LogP contribution in [0.2, 0.25) is 0 Å². The SMILES string of the molecule is CC1CCC(O)(C#Cc2nc(N)c3nc(-c4cccc(F)c4)n(C)c3n2)CC1.Cl. The zero-order valence-electron chi connectivity index (χ0n) is 16.3. The summed E-state index contributed by atoms with van der Waals surface area (Å²) in [6.45, 7) is 2.18. The van der Waals surface area contributed by atoms with Crippen LogP contribution in [0.1, 0.15) is 38.4 Å². The highest BCUT2D eigenvalue weighted by molar-refractivity contribution is 5.86. The molecule has 1 aliphatic rings. The van der Waals surface area contributed by atoms with Gasteiger partial charge in [-0.2, -0.15) is 0 Å². The topological polar surface area (TPSA) is 89.9 Å². The first kappa shape index (κ1) is 21.0. The maximum atomic E-state index is 13.6. The zero-order chi connectivity index (χ0) is 19.9. The van der Waals surface area contributed by atoms with Crippen LogP contribution < -0.4 is 5.73 Å². The van der Waals surface area contributed by atoms with E-state index in [0.29, 0.717) is 41.3 Å². The number of aliphatic hydroxyl groups is 1. The lowest BCUT2D eigenvalue weighted by Gasteiger charge is -2.30. The summed E-state index contributed by atoms with van der Waals surface area (Å²) in [4.78, 5) is 13.2. The summed E-state index contributed by atoms with van der Waals surface area (Å²) >= 11 is 0. The van der Waals surface area contributed by atoms with Crippen molar-refractivity contribution in [2.75, 3.05) is 5.73 Å². The van der Waals surface area contributed by atoms with Gasteiger partial charge in [0.2, 0.25) is 5.82 Å². The van der Waals surface area contributed by atoms with Crippen LogP contribution in [0.15, 0.2) is 24.3 Å². The van der Waals surface area contributed by atoms with Crippen molar-refractivity contribution >= 4 is 29.4 Å². The van der Waals surface area contributed by atoms with Crippen LogP contribution >= 0.6 is 12.4 Å². The number of hydrogen-bond acceptors (Lipinski definition) is 5. The standard InChI is InChI=1S/C21H22FN5O.ClH/c1-13-6-9-21(28,10-7-13)11-8-16-24-18(23)17-20(25-16)27(2)19(26-17)14-4-3-5-15(22)12-14;/h3-5,12-13,28H,6-7,9-10H2,1-2H3,(H2,23,24,25);1H. The molecule has 1 fully saturated rings. The fourth-order valence-electron chi connectivity index (χ4n) is 3.56. The molecule has 8 heteroatoms. The summed E-state index contributed by atoms with van der Waals surface area (Å²) in [6, 6.07) is 6.19. The van der Waals surface area contributed by atoms with E-state index in [2.05, 4.69) is 33.7 Å². The molecule has 0 saturated heterocycles. The maximum absolute atomic E-state index is 13.6. The van der Waals surface area contributed by atoms with Crippen LogP contribution in [-0.4, -0.2) is 30.2 Å². The van der Waals surface area contributed by atoms with Gasteiger partial charge in [-0.1, -0.05) is 25.0 Å². The molecule has 0 atom stereocenters. The lowest BCUT2D eigenvalue weighted by Crippen LogP contribution is -2.31. The predicted octanol–water partition coefficient (Wildman–Crippen LogP) is 3.47. The number of aromatic nitrogens is 4. The van der Waals surface area contributed by atoms with Gasteiger partial charge in [-0.3, -0.25) is 0 Å². The summed E-state index contributed by atoms with van der Waals surface area (Å²) < 4.78 is 15.3.